The Morgan fingerprint density at radius 1 is 1.13 bits per heavy atom. The third-order valence-corrected chi connectivity index (χ3v) is 7.18. The topological polar surface area (TPSA) is 80.2 Å². The van der Waals surface area contributed by atoms with Crippen LogP contribution in [-0.2, 0) is 16.4 Å². The van der Waals surface area contributed by atoms with Crippen molar-refractivity contribution in [1.82, 2.24) is 9.97 Å². The van der Waals surface area contributed by atoms with Gasteiger partial charge < -0.3 is 0 Å². The van der Waals surface area contributed by atoms with E-state index in [0.29, 0.717) is 20.4 Å². The average molecular weight is 492 g/mol. The van der Waals surface area contributed by atoms with Crippen LogP contribution < -0.4 is 4.90 Å². The standard InChI is InChI=1S/C21H15Cl2N3O3S2/c1-31(28,29)15-5-7-18-19(10-15)30-21(25-18)26(12-13-3-2-8-24-11-13)20(27)16-6-4-14(22)9-17(16)23/h2-11H,12H2,1H3. The Kier molecular flexibility index (Phi) is 5.98. The number of carbonyl (C=O) groups is 1. The summed E-state index contributed by atoms with van der Waals surface area (Å²) in [6.45, 7) is 0.213. The van der Waals surface area contributed by atoms with E-state index in [4.69, 9.17) is 23.2 Å². The molecular weight excluding hydrogens is 477 g/mol. The molecule has 0 radical (unpaired) electrons. The molecule has 6 nitrogen and oxygen atoms in total. The molecular formula is C21H15Cl2N3O3S2. The summed E-state index contributed by atoms with van der Waals surface area (Å²) < 4.78 is 24.5. The molecule has 158 valence electrons. The minimum Gasteiger partial charge on any atom is -0.279 e. The number of carbonyl (C=O) groups excluding carboxylic acids is 1. The number of nitrogens with zero attached hydrogens (tertiary/aromatic N) is 3. The Labute approximate surface area is 193 Å². The van der Waals surface area contributed by atoms with Crippen LogP contribution in [0.4, 0.5) is 5.13 Å². The zero-order valence-electron chi connectivity index (χ0n) is 16.1. The number of thiazole rings is 1. The van der Waals surface area contributed by atoms with E-state index in [2.05, 4.69) is 9.97 Å². The fourth-order valence-electron chi connectivity index (χ4n) is 2.95. The van der Waals surface area contributed by atoms with Crippen molar-refractivity contribution in [2.45, 2.75) is 11.4 Å². The number of anilines is 1. The van der Waals surface area contributed by atoms with E-state index in [9.17, 15) is 13.2 Å². The monoisotopic (exact) mass is 491 g/mol. The van der Waals surface area contributed by atoms with E-state index < -0.39 is 9.84 Å². The quantitative estimate of drug-likeness (QED) is 0.380. The second kappa shape index (κ2) is 8.55. The zero-order valence-corrected chi connectivity index (χ0v) is 19.3. The molecule has 2 heterocycles. The second-order valence-electron chi connectivity index (χ2n) is 6.77. The number of halogens is 2. The summed E-state index contributed by atoms with van der Waals surface area (Å²) in [6.07, 6.45) is 4.46. The van der Waals surface area contributed by atoms with Crippen molar-refractivity contribution in [3.63, 3.8) is 0 Å². The van der Waals surface area contributed by atoms with Gasteiger partial charge in [-0.3, -0.25) is 14.7 Å². The van der Waals surface area contributed by atoms with Crippen LogP contribution in [0.15, 0.2) is 65.8 Å². The van der Waals surface area contributed by atoms with Gasteiger partial charge >= 0.3 is 0 Å². The number of rotatable bonds is 5. The van der Waals surface area contributed by atoms with E-state index in [1.807, 2.05) is 6.07 Å². The summed E-state index contributed by atoms with van der Waals surface area (Å²) in [6, 6.07) is 13.0. The van der Waals surface area contributed by atoms with Crippen molar-refractivity contribution in [2.75, 3.05) is 11.2 Å². The molecule has 0 aliphatic rings. The molecule has 2 aromatic heterocycles. The predicted octanol–water partition coefficient (Wildman–Crippen LogP) is 5.25. The van der Waals surface area contributed by atoms with E-state index in [1.54, 1.807) is 42.7 Å². The van der Waals surface area contributed by atoms with Gasteiger partial charge in [0.25, 0.3) is 5.91 Å². The fraction of sp³-hybridized carbons (Fsp3) is 0.0952. The molecule has 0 saturated heterocycles. The van der Waals surface area contributed by atoms with Crippen molar-refractivity contribution in [3.8, 4) is 0 Å². The summed E-state index contributed by atoms with van der Waals surface area (Å²) in [5, 5.41) is 1.07. The number of hydrogen-bond donors (Lipinski definition) is 0. The van der Waals surface area contributed by atoms with Crippen molar-refractivity contribution < 1.29 is 13.2 Å². The SMILES string of the molecule is CS(=O)(=O)c1ccc2nc(N(Cc3cccnc3)C(=O)c3ccc(Cl)cc3Cl)sc2c1. The number of pyridine rings is 1. The van der Waals surface area contributed by atoms with Crippen LogP contribution in [0.25, 0.3) is 10.2 Å². The number of hydrogen-bond acceptors (Lipinski definition) is 6. The normalized spacial score (nSPS) is 11.6. The molecule has 31 heavy (non-hydrogen) atoms. The van der Waals surface area contributed by atoms with Crippen molar-refractivity contribution in [1.29, 1.82) is 0 Å². The van der Waals surface area contributed by atoms with Gasteiger partial charge in [0.15, 0.2) is 15.0 Å². The first kappa shape index (κ1) is 21.7. The van der Waals surface area contributed by atoms with Crippen LogP contribution >= 0.6 is 34.5 Å². The van der Waals surface area contributed by atoms with E-state index in [0.717, 1.165) is 11.8 Å². The molecule has 0 atom stereocenters. The second-order valence-corrected chi connectivity index (χ2v) is 10.6. The molecule has 10 heteroatoms. The fourth-order valence-corrected chi connectivity index (χ4v) is 5.16. The maximum atomic E-state index is 13.4. The summed E-state index contributed by atoms with van der Waals surface area (Å²) in [4.78, 5) is 23.8. The highest BCUT2D eigenvalue weighted by molar-refractivity contribution is 7.90. The molecule has 0 N–H and O–H groups in total. The Hall–Kier alpha value is -2.52. The Balaban J connectivity index is 1.81. The first-order valence-electron chi connectivity index (χ1n) is 8.99. The molecule has 0 aliphatic carbocycles. The Morgan fingerprint density at radius 3 is 2.61 bits per heavy atom. The first-order valence-corrected chi connectivity index (χ1v) is 12.5. The molecule has 0 spiro atoms. The number of aromatic nitrogens is 2. The van der Waals surface area contributed by atoms with Crippen LogP contribution in [0.1, 0.15) is 15.9 Å². The zero-order chi connectivity index (χ0) is 22.2. The van der Waals surface area contributed by atoms with E-state index >= 15 is 0 Å². The third-order valence-electron chi connectivity index (χ3n) is 4.48. The Bertz CT molecular complexity index is 1390. The van der Waals surface area contributed by atoms with Crippen molar-refractivity contribution >= 4 is 65.6 Å². The largest absolute Gasteiger partial charge is 0.279 e. The summed E-state index contributed by atoms with van der Waals surface area (Å²) in [5.74, 6) is -0.354. The summed E-state index contributed by atoms with van der Waals surface area (Å²) >= 11 is 13.5. The van der Waals surface area contributed by atoms with Gasteiger partial charge in [-0.05, 0) is 48.0 Å². The van der Waals surface area contributed by atoms with Gasteiger partial charge in [0.05, 0.1) is 32.2 Å². The molecule has 2 aromatic carbocycles. The molecule has 4 aromatic rings. The van der Waals surface area contributed by atoms with Gasteiger partial charge in [-0.25, -0.2) is 13.4 Å². The first-order chi connectivity index (χ1) is 14.7. The molecule has 0 bridgehead atoms. The van der Waals surface area contributed by atoms with Gasteiger partial charge in [0, 0.05) is 23.7 Å². The predicted molar refractivity (Wildman–Crippen MR) is 124 cm³/mol. The lowest BCUT2D eigenvalue weighted by atomic mass is 10.2. The molecule has 0 saturated carbocycles. The summed E-state index contributed by atoms with van der Waals surface area (Å²) in [7, 11) is -3.36. The van der Waals surface area contributed by atoms with Gasteiger partial charge in [0.2, 0.25) is 0 Å². The third kappa shape index (κ3) is 4.72. The maximum absolute atomic E-state index is 13.4. The molecule has 0 aliphatic heterocycles. The van der Waals surface area contributed by atoms with Gasteiger partial charge in [-0.2, -0.15) is 0 Å². The lowest BCUT2D eigenvalue weighted by Crippen LogP contribution is -2.30. The van der Waals surface area contributed by atoms with Gasteiger partial charge in [-0.15, -0.1) is 0 Å². The highest BCUT2D eigenvalue weighted by atomic mass is 35.5. The number of fused-ring (bicyclic) bond motifs is 1. The molecule has 4 rings (SSSR count). The van der Waals surface area contributed by atoms with Crippen LogP contribution in [0.3, 0.4) is 0 Å². The van der Waals surface area contributed by atoms with Crippen LogP contribution in [0.5, 0.6) is 0 Å². The average Bonchev–Trinajstić information content (AvgIpc) is 3.15. The molecule has 0 unspecified atom stereocenters. The van der Waals surface area contributed by atoms with E-state index in [1.165, 1.54) is 28.4 Å². The Morgan fingerprint density at radius 2 is 1.94 bits per heavy atom. The van der Waals surface area contributed by atoms with Crippen LogP contribution in [0, 0.1) is 0 Å². The number of amides is 1. The molecule has 1 amide bonds. The van der Waals surface area contributed by atoms with Crippen LogP contribution in [-0.4, -0.2) is 30.5 Å². The highest BCUT2D eigenvalue weighted by Gasteiger charge is 2.24. The van der Waals surface area contributed by atoms with Gasteiger partial charge in [-0.1, -0.05) is 40.6 Å². The maximum Gasteiger partial charge on any atom is 0.261 e. The smallest absolute Gasteiger partial charge is 0.261 e. The molecule has 0 fully saturated rings. The minimum atomic E-state index is -3.36. The lowest BCUT2D eigenvalue weighted by Gasteiger charge is -2.20. The van der Waals surface area contributed by atoms with Gasteiger partial charge in [0.1, 0.15) is 0 Å². The van der Waals surface area contributed by atoms with Crippen LogP contribution in [0.2, 0.25) is 10.0 Å². The summed E-state index contributed by atoms with van der Waals surface area (Å²) in [5.41, 5.74) is 1.68. The minimum absolute atomic E-state index is 0.195. The number of sulfone groups is 1. The van der Waals surface area contributed by atoms with E-state index in [-0.39, 0.29) is 27.9 Å². The number of benzene rings is 2. The highest BCUT2D eigenvalue weighted by Crippen LogP contribution is 2.33. The van der Waals surface area contributed by atoms with Crippen molar-refractivity contribution in [2.24, 2.45) is 0 Å². The van der Waals surface area contributed by atoms with Crippen molar-refractivity contribution in [3.05, 3.63) is 82.1 Å². The lowest BCUT2D eigenvalue weighted by molar-refractivity contribution is 0.0985.